The summed E-state index contributed by atoms with van der Waals surface area (Å²) in [6.07, 6.45) is 2.15. The molecule has 0 saturated heterocycles. The quantitative estimate of drug-likeness (QED) is 0.124. The van der Waals surface area contributed by atoms with Crippen molar-refractivity contribution < 1.29 is 41.6 Å². The molecule has 1 unspecified atom stereocenters. The molecule has 194 valence electrons. The van der Waals surface area contributed by atoms with Gasteiger partial charge in [-0.2, -0.15) is 0 Å². The molecule has 0 bridgehead atoms. The number of hydrogen-bond donors (Lipinski definition) is 2. The largest absolute Gasteiger partial charge is 0.726 e. The first kappa shape index (κ1) is 29.1. The summed E-state index contributed by atoms with van der Waals surface area (Å²) in [5.74, 6) is 1.32. The molecule has 3 rings (SSSR count). The number of hydrogen-bond acceptors (Lipinski definition) is 9. The average molecular weight is 537 g/mol. The van der Waals surface area contributed by atoms with Crippen LogP contribution in [0.2, 0.25) is 0 Å². The second-order valence-corrected chi connectivity index (χ2v) is 10.3. The zero-order valence-corrected chi connectivity index (χ0v) is 21.2. The molecule has 0 saturated carbocycles. The number of benzene rings is 3. The number of carbonyl (C=O) groups is 1. The Labute approximate surface area is 213 Å². The highest BCUT2D eigenvalue weighted by Crippen LogP contribution is 2.20. The number of rotatable bonds is 11. The molecule has 0 aliphatic heterocycles. The number of aromatic hydroxyl groups is 1. The minimum Gasteiger partial charge on any atom is -0.726 e. The Bertz CT molecular complexity index is 1150. The molecular weight excluding hydrogens is 508 g/mol. The summed E-state index contributed by atoms with van der Waals surface area (Å²) < 4.78 is 43.9. The zero-order valence-electron chi connectivity index (χ0n) is 19.6. The molecular formula is C25H28O9S2. The summed E-state index contributed by atoms with van der Waals surface area (Å²) in [5.41, 5.74) is 1.62. The highest BCUT2D eigenvalue weighted by molar-refractivity contribution is 7.95. The Morgan fingerprint density at radius 3 is 2.14 bits per heavy atom. The maximum Gasteiger partial charge on any atom is 0.338 e. The van der Waals surface area contributed by atoms with Gasteiger partial charge in [0.25, 0.3) is 0 Å². The zero-order chi connectivity index (χ0) is 26.4. The Morgan fingerprint density at radius 2 is 1.56 bits per heavy atom. The fourth-order valence-electron chi connectivity index (χ4n) is 2.78. The van der Waals surface area contributed by atoms with Gasteiger partial charge in [-0.15, -0.1) is 0 Å². The van der Waals surface area contributed by atoms with Crippen LogP contribution in [0.5, 0.6) is 11.5 Å². The van der Waals surface area contributed by atoms with Gasteiger partial charge in [0.1, 0.15) is 36.7 Å². The van der Waals surface area contributed by atoms with Gasteiger partial charge in [0.2, 0.25) is 10.4 Å². The summed E-state index contributed by atoms with van der Waals surface area (Å²) in [4.78, 5) is 12.8. The van der Waals surface area contributed by atoms with E-state index in [0.717, 1.165) is 11.3 Å². The molecule has 2 N–H and O–H groups in total. The standard InChI is InChI=1S/C17H18O4S.C8H10O5S/c1-22(16-8-6-15(19)7-9-16)12-13-2-4-14(5-3-13)17(20)21-11-10-18;9-14(10,11)13-7-6-12-8-4-2-1-3-5-8/h2-9,18H,10-12H2,1H3;1-5H,6-7H2,(H,9,10,11). The van der Waals surface area contributed by atoms with Crippen LogP contribution in [-0.4, -0.2) is 61.8 Å². The Balaban J connectivity index is 0.000000281. The number of esters is 1. The Kier molecular flexibility index (Phi) is 12.2. The minimum atomic E-state index is -4.61. The minimum absolute atomic E-state index is 0.0137. The molecule has 36 heavy (non-hydrogen) atoms. The maximum atomic E-state index is 11.6. The van der Waals surface area contributed by atoms with Crippen molar-refractivity contribution in [3.63, 3.8) is 0 Å². The van der Waals surface area contributed by atoms with Crippen LogP contribution in [0.25, 0.3) is 0 Å². The highest BCUT2D eigenvalue weighted by Gasteiger charge is 2.16. The SMILES string of the molecule is C[S+](Cc1ccc(C(=O)OCCO)cc1)c1ccc(O)cc1.O=S(=O)([O-])OCCOc1ccccc1. The van der Waals surface area contributed by atoms with Crippen LogP contribution < -0.4 is 4.74 Å². The van der Waals surface area contributed by atoms with E-state index < -0.39 is 16.4 Å². The first-order valence-corrected chi connectivity index (χ1v) is 13.9. The van der Waals surface area contributed by atoms with E-state index in [1.165, 1.54) is 4.90 Å². The third-order valence-corrected chi connectivity index (χ3v) is 6.76. The van der Waals surface area contributed by atoms with Gasteiger partial charge >= 0.3 is 5.97 Å². The average Bonchev–Trinajstić information content (AvgIpc) is 2.86. The van der Waals surface area contributed by atoms with Crippen LogP contribution in [0.4, 0.5) is 0 Å². The number of phenolic OH excluding ortho intramolecular Hbond substituents is 1. The fraction of sp³-hybridized carbons (Fsp3) is 0.240. The predicted molar refractivity (Wildman–Crippen MR) is 135 cm³/mol. The topological polar surface area (TPSA) is 142 Å². The van der Waals surface area contributed by atoms with Crippen molar-refractivity contribution in [1.82, 2.24) is 0 Å². The first-order chi connectivity index (χ1) is 17.2. The van der Waals surface area contributed by atoms with E-state index in [9.17, 15) is 22.9 Å². The number of para-hydroxylation sites is 1. The highest BCUT2D eigenvalue weighted by atomic mass is 32.3. The van der Waals surface area contributed by atoms with Crippen LogP contribution in [0.3, 0.4) is 0 Å². The van der Waals surface area contributed by atoms with Crippen molar-refractivity contribution >= 4 is 27.3 Å². The lowest BCUT2D eigenvalue weighted by Gasteiger charge is -2.08. The third kappa shape index (κ3) is 11.6. The molecule has 0 fully saturated rings. The number of aliphatic hydroxyl groups excluding tert-OH is 1. The summed E-state index contributed by atoms with van der Waals surface area (Å²) in [6, 6.07) is 23.4. The number of ether oxygens (including phenoxy) is 2. The Hall–Kier alpha value is -3.09. The van der Waals surface area contributed by atoms with E-state index in [1.54, 1.807) is 48.5 Å². The molecule has 1 atom stereocenters. The molecule has 11 heteroatoms. The molecule has 9 nitrogen and oxygen atoms in total. The lowest BCUT2D eigenvalue weighted by atomic mass is 10.1. The second kappa shape index (κ2) is 15.1. The molecule has 3 aromatic rings. The maximum absolute atomic E-state index is 11.6. The number of carbonyl (C=O) groups excluding carboxylic acids is 1. The van der Waals surface area contributed by atoms with Gasteiger partial charge in [0, 0.05) is 16.5 Å². The van der Waals surface area contributed by atoms with Gasteiger partial charge in [0.05, 0.1) is 18.8 Å². The van der Waals surface area contributed by atoms with Crippen LogP contribution in [0, 0.1) is 0 Å². The molecule has 0 heterocycles. The fourth-order valence-corrected chi connectivity index (χ4v) is 4.51. The molecule has 0 aliphatic rings. The van der Waals surface area contributed by atoms with Crippen molar-refractivity contribution in [2.45, 2.75) is 10.6 Å². The van der Waals surface area contributed by atoms with Crippen molar-refractivity contribution in [1.29, 1.82) is 0 Å². The summed E-state index contributed by atoms with van der Waals surface area (Å²) in [7, 11) is -4.58. The molecule has 0 spiro atoms. The summed E-state index contributed by atoms with van der Waals surface area (Å²) in [5, 5.41) is 18.0. The van der Waals surface area contributed by atoms with Crippen LogP contribution >= 0.6 is 0 Å². The third-order valence-electron chi connectivity index (χ3n) is 4.46. The lowest BCUT2D eigenvalue weighted by molar-refractivity contribution is 0.0433. The van der Waals surface area contributed by atoms with E-state index in [-0.39, 0.29) is 43.1 Å². The van der Waals surface area contributed by atoms with Crippen molar-refractivity contribution in [3.8, 4) is 11.5 Å². The van der Waals surface area contributed by atoms with Gasteiger partial charge in [-0.1, -0.05) is 30.3 Å². The second-order valence-electron chi connectivity index (χ2n) is 7.22. The lowest BCUT2D eigenvalue weighted by Crippen LogP contribution is -2.11. The van der Waals surface area contributed by atoms with E-state index in [0.29, 0.717) is 11.3 Å². The molecule has 0 radical (unpaired) electrons. The van der Waals surface area contributed by atoms with Crippen LogP contribution in [0.1, 0.15) is 15.9 Å². The molecule has 0 aliphatic carbocycles. The van der Waals surface area contributed by atoms with E-state index >= 15 is 0 Å². The normalized spacial score (nSPS) is 11.6. The summed E-state index contributed by atoms with van der Waals surface area (Å²) in [6.45, 7) is -0.416. The van der Waals surface area contributed by atoms with E-state index in [1.807, 2.05) is 30.3 Å². The van der Waals surface area contributed by atoms with Crippen molar-refractivity contribution in [2.24, 2.45) is 0 Å². The van der Waals surface area contributed by atoms with Gasteiger partial charge in [-0.05, 0) is 48.5 Å². The van der Waals surface area contributed by atoms with Crippen molar-refractivity contribution in [2.75, 3.05) is 32.7 Å². The van der Waals surface area contributed by atoms with Gasteiger partial charge in [-0.3, -0.25) is 4.18 Å². The van der Waals surface area contributed by atoms with Crippen molar-refractivity contribution in [3.05, 3.63) is 90.0 Å². The number of aliphatic hydroxyl groups is 1. The monoisotopic (exact) mass is 536 g/mol. The molecule has 0 aromatic heterocycles. The van der Waals surface area contributed by atoms with Gasteiger partial charge in [-0.25, -0.2) is 13.2 Å². The molecule has 0 amide bonds. The predicted octanol–water partition coefficient (Wildman–Crippen LogP) is 2.89. The van der Waals surface area contributed by atoms with Crippen LogP contribution in [0.15, 0.2) is 83.8 Å². The smallest absolute Gasteiger partial charge is 0.338 e. The van der Waals surface area contributed by atoms with Crippen LogP contribution in [-0.2, 0) is 36.0 Å². The molecule has 3 aromatic carbocycles. The van der Waals surface area contributed by atoms with Gasteiger partial charge in [0.15, 0.2) is 4.90 Å². The summed E-state index contributed by atoms with van der Waals surface area (Å²) >= 11 is 0. The van der Waals surface area contributed by atoms with Gasteiger partial charge < -0.3 is 24.2 Å². The first-order valence-electron chi connectivity index (χ1n) is 10.7. The van der Waals surface area contributed by atoms with E-state index in [2.05, 4.69) is 10.4 Å². The Morgan fingerprint density at radius 1 is 0.917 bits per heavy atom. The number of phenols is 1. The van der Waals surface area contributed by atoms with E-state index in [4.69, 9.17) is 14.6 Å².